The smallest absolute Gasteiger partial charge is 0.326 e. The molecule has 0 spiro atoms. The second-order valence-corrected chi connectivity index (χ2v) is 5.92. The molecule has 19 heavy (non-hydrogen) atoms. The van der Waals surface area contributed by atoms with E-state index < -0.39 is 27.3 Å². The van der Waals surface area contributed by atoms with Gasteiger partial charge in [0.25, 0.3) is 0 Å². The SMILES string of the molecule is CCC(C)(NS(=O)(=O)c1ccc(F)cc1)C(=O)OC. The van der Waals surface area contributed by atoms with Gasteiger partial charge in [0, 0.05) is 0 Å². The maximum absolute atomic E-state index is 12.8. The van der Waals surface area contributed by atoms with Crippen LogP contribution in [0.15, 0.2) is 29.2 Å². The summed E-state index contributed by atoms with van der Waals surface area (Å²) >= 11 is 0. The molecule has 0 fully saturated rings. The second-order valence-electron chi connectivity index (χ2n) is 4.24. The van der Waals surface area contributed by atoms with E-state index in [9.17, 15) is 17.6 Å². The third-order valence-electron chi connectivity index (χ3n) is 2.83. The molecule has 0 bridgehead atoms. The zero-order valence-electron chi connectivity index (χ0n) is 10.9. The van der Waals surface area contributed by atoms with Crippen molar-refractivity contribution in [1.82, 2.24) is 4.72 Å². The molecule has 0 aliphatic heterocycles. The molecule has 1 aromatic rings. The third-order valence-corrected chi connectivity index (χ3v) is 4.44. The van der Waals surface area contributed by atoms with Crippen molar-refractivity contribution in [2.75, 3.05) is 7.11 Å². The molecular formula is C12H16FNO4S. The molecule has 0 saturated heterocycles. The molecular weight excluding hydrogens is 273 g/mol. The highest BCUT2D eigenvalue weighted by Crippen LogP contribution is 2.17. The van der Waals surface area contributed by atoms with Crippen LogP contribution in [-0.2, 0) is 19.6 Å². The van der Waals surface area contributed by atoms with Crippen molar-refractivity contribution in [2.45, 2.75) is 30.7 Å². The van der Waals surface area contributed by atoms with Crippen molar-refractivity contribution >= 4 is 16.0 Å². The summed E-state index contributed by atoms with van der Waals surface area (Å²) in [6.45, 7) is 3.09. The van der Waals surface area contributed by atoms with E-state index in [-0.39, 0.29) is 11.3 Å². The molecule has 7 heteroatoms. The van der Waals surface area contributed by atoms with Gasteiger partial charge in [-0.3, -0.25) is 4.79 Å². The Morgan fingerprint density at radius 1 is 1.37 bits per heavy atom. The summed E-state index contributed by atoms with van der Waals surface area (Å²) < 4.78 is 43.8. The van der Waals surface area contributed by atoms with E-state index >= 15 is 0 Å². The molecule has 0 aromatic heterocycles. The first-order chi connectivity index (χ1) is 8.75. The van der Waals surface area contributed by atoms with Gasteiger partial charge in [-0.05, 0) is 37.6 Å². The molecule has 1 rings (SSSR count). The number of sulfonamides is 1. The molecule has 106 valence electrons. The number of esters is 1. The number of carbonyl (C=O) groups is 1. The minimum absolute atomic E-state index is 0.113. The Morgan fingerprint density at radius 2 is 1.89 bits per heavy atom. The molecule has 0 saturated carbocycles. The Kier molecular flexibility index (Phi) is 4.65. The average molecular weight is 289 g/mol. The lowest BCUT2D eigenvalue weighted by Crippen LogP contribution is -2.52. The van der Waals surface area contributed by atoms with Gasteiger partial charge in [-0.15, -0.1) is 0 Å². The standard InChI is InChI=1S/C12H16FNO4S/c1-4-12(2,11(15)18-3)14-19(16,17)10-7-5-9(13)6-8-10/h5-8,14H,4H2,1-3H3. The first-order valence-corrected chi connectivity index (χ1v) is 7.11. The van der Waals surface area contributed by atoms with E-state index in [0.717, 1.165) is 24.3 Å². The highest BCUT2D eigenvalue weighted by Gasteiger charge is 2.37. The summed E-state index contributed by atoms with van der Waals surface area (Å²) in [5, 5.41) is 0. The average Bonchev–Trinajstić information content (AvgIpc) is 2.37. The third kappa shape index (κ3) is 3.51. The van der Waals surface area contributed by atoms with Crippen LogP contribution >= 0.6 is 0 Å². The number of hydrogen-bond acceptors (Lipinski definition) is 4. The van der Waals surface area contributed by atoms with Gasteiger partial charge in [-0.1, -0.05) is 6.92 Å². The minimum Gasteiger partial charge on any atom is -0.468 e. The molecule has 1 aromatic carbocycles. The van der Waals surface area contributed by atoms with Crippen molar-refractivity contribution in [2.24, 2.45) is 0 Å². The van der Waals surface area contributed by atoms with Gasteiger partial charge in [-0.25, -0.2) is 12.8 Å². The summed E-state index contributed by atoms with van der Waals surface area (Å²) in [5.41, 5.74) is -1.36. The zero-order chi connectivity index (χ0) is 14.7. The normalized spacial score (nSPS) is 14.7. The number of methoxy groups -OCH3 is 1. The molecule has 1 N–H and O–H groups in total. The van der Waals surface area contributed by atoms with Crippen molar-refractivity contribution in [3.8, 4) is 0 Å². The van der Waals surface area contributed by atoms with Crippen LogP contribution in [-0.4, -0.2) is 27.0 Å². The topological polar surface area (TPSA) is 72.5 Å². The highest BCUT2D eigenvalue weighted by molar-refractivity contribution is 7.89. The molecule has 0 amide bonds. The fraction of sp³-hybridized carbons (Fsp3) is 0.417. The van der Waals surface area contributed by atoms with E-state index in [1.54, 1.807) is 6.92 Å². The quantitative estimate of drug-likeness (QED) is 0.833. The van der Waals surface area contributed by atoms with Crippen molar-refractivity contribution in [3.63, 3.8) is 0 Å². The molecule has 0 radical (unpaired) electrons. The number of nitrogens with one attached hydrogen (secondary N) is 1. The lowest BCUT2D eigenvalue weighted by molar-refractivity contribution is -0.147. The van der Waals surface area contributed by atoms with E-state index in [1.807, 2.05) is 0 Å². The van der Waals surface area contributed by atoms with Gasteiger partial charge < -0.3 is 4.74 Å². The lowest BCUT2D eigenvalue weighted by atomic mass is 10.0. The van der Waals surface area contributed by atoms with Crippen molar-refractivity contribution in [3.05, 3.63) is 30.1 Å². The first-order valence-electron chi connectivity index (χ1n) is 5.63. The summed E-state index contributed by atoms with van der Waals surface area (Å²) in [6.07, 6.45) is 0.222. The Bertz CT molecular complexity index is 556. The molecule has 1 atom stereocenters. The predicted octanol–water partition coefficient (Wildman–Crippen LogP) is 1.45. The largest absolute Gasteiger partial charge is 0.468 e. The van der Waals surface area contributed by atoms with Crippen LogP contribution in [0.3, 0.4) is 0 Å². The van der Waals surface area contributed by atoms with Crippen LogP contribution in [0, 0.1) is 5.82 Å². The van der Waals surface area contributed by atoms with Crippen LogP contribution in [0.4, 0.5) is 4.39 Å². The molecule has 0 aliphatic rings. The summed E-state index contributed by atoms with van der Waals surface area (Å²) in [4.78, 5) is 11.5. The van der Waals surface area contributed by atoms with Gasteiger partial charge in [0.05, 0.1) is 12.0 Å². The summed E-state index contributed by atoms with van der Waals surface area (Å²) in [5.74, 6) is -1.22. The second kappa shape index (κ2) is 5.66. The molecule has 5 nitrogen and oxygen atoms in total. The number of rotatable bonds is 5. The number of hydrogen-bond donors (Lipinski definition) is 1. The van der Waals surface area contributed by atoms with Crippen molar-refractivity contribution < 1.29 is 22.3 Å². The van der Waals surface area contributed by atoms with E-state index in [4.69, 9.17) is 0 Å². The van der Waals surface area contributed by atoms with E-state index in [2.05, 4.69) is 9.46 Å². The zero-order valence-corrected chi connectivity index (χ0v) is 11.8. The number of benzene rings is 1. The predicted molar refractivity (Wildman–Crippen MR) is 67.4 cm³/mol. The van der Waals surface area contributed by atoms with Crippen molar-refractivity contribution in [1.29, 1.82) is 0 Å². The van der Waals surface area contributed by atoms with Crippen LogP contribution < -0.4 is 4.72 Å². The minimum atomic E-state index is -3.92. The monoisotopic (exact) mass is 289 g/mol. The van der Waals surface area contributed by atoms with Gasteiger partial charge in [-0.2, -0.15) is 4.72 Å². The van der Waals surface area contributed by atoms with Gasteiger partial charge in [0.15, 0.2) is 0 Å². The van der Waals surface area contributed by atoms with E-state index in [0.29, 0.717) is 0 Å². The Labute approximate surface area is 111 Å². The maximum Gasteiger partial charge on any atom is 0.326 e. The first kappa shape index (κ1) is 15.6. The Morgan fingerprint density at radius 3 is 2.32 bits per heavy atom. The number of carbonyl (C=O) groups excluding carboxylic acids is 1. The fourth-order valence-corrected chi connectivity index (χ4v) is 2.89. The maximum atomic E-state index is 12.8. The Balaban J connectivity index is 3.08. The van der Waals surface area contributed by atoms with Gasteiger partial charge >= 0.3 is 5.97 Å². The van der Waals surface area contributed by atoms with E-state index in [1.165, 1.54) is 14.0 Å². The van der Waals surface area contributed by atoms with Crippen LogP contribution in [0.1, 0.15) is 20.3 Å². The van der Waals surface area contributed by atoms with Crippen LogP contribution in [0.25, 0.3) is 0 Å². The molecule has 0 aliphatic carbocycles. The highest BCUT2D eigenvalue weighted by atomic mass is 32.2. The van der Waals surface area contributed by atoms with Crippen LogP contribution in [0.2, 0.25) is 0 Å². The summed E-state index contributed by atoms with van der Waals surface area (Å²) in [6, 6.07) is 4.34. The van der Waals surface area contributed by atoms with Crippen LogP contribution in [0.5, 0.6) is 0 Å². The molecule has 1 unspecified atom stereocenters. The Hall–Kier alpha value is -1.47. The lowest BCUT2D eigenvalue weighted by Gasteiger charge is -2.26. The summed E-state index contributed by atoms with van der Waals surface area (Å²) in [7, 11) is -2.74. The van der Waals surface area contributed by atoms with Gasteiger partial charge in [0.1, 0.15) is 11.4 Å². The fourth-order valence-electron chi connectivity index (χ4n) is 1.45. The molecule has 0 heterocycles. The number of halogens is 1. The van der Waals surface area contributed by atoms with Gasteiger partial charge in [0.2, 0.25) is 10.0 Å². The number of ether oxygens (including phenoxy) is 1.